The molecule has 2 aliphatic rings. The van der Waals surface area contributed by atoms with E-state index >= 15 is 0 Å². The molecule has 1 saturated carbocycles. The summed E-state index contributed by atoms with van der Waals surface area (Å²) in [5, 5.41) is 8.99. The number of hydrogen-bond acceptors (Lipinski definition) is 5. The smallest absolute Gasteiger partial charge is 0.169 e. The van der Waals surface area contributed by atoms with Gasteiger partial charge >= 0.3 is 0 Å². The van der Waals surface area contributed by atoms with Crippen LogP contribution in [0.25, 0.3) is 0 Å². The van der Waals surface area contributed by atoms with Gasteiger partial charge in [0, 0.05) is 45.1 Å². The van der Waals surface area contributed by atoms with Gasteiger partial charge < -0.3 is 10.0 Å². The van der Waals surface area contributed by atoms with Gasteiger partial charge in [-0.3, -0.25) is 14.5 Å². The zero-order valence-electron chi connectivity index (χ0n) is 16.0. The third-order valence-electron chi connectivity index (χ3n) is 5.60. The maximum atomic E-state index is 12.6. The van der Waals surface area contributed by atoms with Crippen molar-refractivity contribution in [2.45, 2.75) is 25.7 Å². The van der Waals surface area contributed by atoms with Crippen molar-refractivity contribution in [3.63, 3.8) is 0 Å². The molecular formula is C22H30N2O3. The van der Waals surface area contributed by atoms with Gasteiger partial charge in [-0.15, -0.1) is 0 Å². The number of piperazine rings is 1. The molecule has 1 aromatic carbocycles. The molecule has 1 unspecified atom stereocenters. The van der Waals surface area contributed by atoms with Crippen molar-refractivity contribution in [2.75, 3.05) is 45.9 Å². The van der Waals surface area contributed by atoms with Gasteiger partial charge in [0.2, 0.25) is 0 Å². The van der Waals surface area contributed by atoms with E-state index in [2.05, 4.69) is 9.80 Å². The Balaban J connectivity index is 1.42. The summed E-state index contributed by atoms with van der Waals surface area (Å²) in [5.74, 6) is -0.147. The molecule has 1 heterocycles. The van der Waals surface area contributed by atoms with E-state index in [1.54, 1.807) is 0 Å². The van der Waals surface area contributed by atoms with E-state index in [1.165, 1.54) is 0 Å². The van der Waals surface area contributed by atoms with Crippen molar-refractivity contribution in [1.29, 1.82) is 0 Å². The number of ketones is 2. The van der Waals surface area contributed by atoms with E-state index in [0.717, 1.165) is 57.7 Å². The first kappa shape index (κ1) is 19.9. The molecule has 5 nitrogen and oxygen atoms in total. The zero-order valence-corrected chi connectivity index (χ0v) is 16.0. The average Bonchev–Trinajstić information content (AvgIpc) is 2.94. The predicted molar refractivity (Wildman–Crippen MR) is 106 cm³/mol. The molecule has 1 saturated heterocycles. The molecule has 1 aromatic rings. The number of carbonyl (C=O) groups is 2. The van der Waals surface area contributed by atoms with Crippen LogP contribution in [0.4, 0.5) is 0 Å². The highest BCUT2D eigenvalue weighted by atomic mass is 16.3. The van der Waals surface area contributed by atoms with Crippen LogP contribution in [0, 0.1) is 5.92 Å². The molecule has 0 spiro atoms. The second-order valence-corrected chi connectivity index (χ2v) is 7.55. The lowest BCUT2D eigenvalue weighted by atomic mass is 9.96. The Morgan fingerprint density at radius 3 is 2.33 bits per heavy atom. The van der Waals surface area contributed by atoms with Crippen molar-refractivity contribution >= 4 is 11.6 Å². The summed E-state index contributed by atoms with van der Waals surface area (Å²) < 4.78 is 0. The Kier molecular flexibility index (Phi) is 7.33. The normalized spacial score (nSPS) is 23.4. The third kappa shape index (κ3) is 5.58. The van der Waals surface area contributed by atoms with Crippen molar-refractivity contribution in [2.24, 2.45) is 5.92 Å². The summed E-state index contributed by atoms with van der Waals surface area (Å²) in [6.45, 7) is 6.02. The van der Waals surface area contributed by atoms with Crippen LogP contribution >= 0.6 is 0 Å². The molecule has 2 fully saturated rings. The van der Waals surface area contributed by atoms with Gasteiger partial charge in [0.15, 0.2) is 11.6 Å². The molecule has 1 aliphatic carbocycles. The van der Waals surface area contributed by atoms with Gasteiger partial charge in [-0.25, -0.2) is 0 Å². The highest BCUT2D eigenvalue weighted by Crippen LogP contribution is 2.27. The molecule has 0 radical (unpaired) electrons. The number of carbonyl (C=O) groups excluding carboxylic acids is 2. The molecule has 27 heavy (non-hydrogen) atoms. The van der Waals surface area contributed by atoms with Crippen LogP contribution in [-0.2, 0) is 16.0 Å². The monoisotopic (exact) mass is 370 g/mol. The van der Waals surface area contributed by atoms with Crippen LogP contribution in [0.5, 0.6) is 0 Å². The fourth-order valence-electron chi connectivity index (χ4n) is 4.00. The average molecular weight is 370 g/mol. The molecule has 146 valence electrons. The SMILES string of the molecule is O=C1CC(Cc2ccccc2)C(=O)/C1=C/CCCN1CCN(CCO)CC1. The van der Waals surface area contributed by atoms with Crippen LogP contribution in [0.1, 0.15) is 24.8 Å². The maximum Gasteiger partial charge on any atom is 0.169 e. The number of Topliss-reactive ketones (excluding diaryl/α,β-unsaturated/α-hetero) is 2. The Bertz CT molecular complexity index is 663. The fourth-order valence-corrected chi connectivity index (χ4v) is 4.00. The number of β-amino-alcohol motifs (C(OH)–C–C–N with tert-alkyl or cyclic N) is 1. The second kappa shape index (κ2) is 9.93. The van der Waals surface area contributed by atoms with Gasteiger partial charge in [0.1, 0.15) is 0 Å². The first-order valence-corrected chi connectivity index (χ1v) is 10.0. The van der Waals surface area contributed by atoms with Crippen LogP contribution in [0.15, 0.2) is 42.0 Å². The van der Waals surface area contributed by atoms with Crippen molar-refractivity contribution in [3.05, 3.63) is 47.5 Å². The standard InChI is InChI=1S/C22H30N2O3/c25-15-14-24-12-10-23(11-13-24)9-5-4-8-20-21(26)17-19(22(20)27)16-18-6-2-1-3-7-18/h1-3,6-8,19,25H,4-5,9-17H2/b20-8+. The number of unbranched alkanes of at least 4 members (excludes halogenated alkanes) is 1. The number of aliphatic hydroxyl groups excluding tert-OH is 1. The number of nitrogens with zero attached hydrogens (tertiary/aromatic N) is 2. The summed E-state index contributed by atoms with van der Waals surface area (Å²) in [7, 11) is 0. The Morgan fingerprint density at radius 2 is 1.67 bits per heavy atom. The third-order valence-corrected chi connectivity index (χ3v) is 5.60. The zero-order chi connectivity index (χ0) is 19.1. The van der Waals surface area contributed by atoms with E-state index in [-0.39, 0.29) is 24.1 Å². The van der Waals surface area contributed by atoms with Gasteiger partial charge in [0.05, 0.1) is 12.2 Å². The predicted octanol–water partition coefficient (Wildman–Crippen LogP) is 1.70. The first-order chi connectivity index (χ1) is 13.2. The van der Waals surface area contributed by atoms with E-state index < -0.39 is 0 Å². The van der Waals surface area contributed by atoms with Crippen molar-refractivity contribution < 1.29 is 14.7 Å². The highest BCUT2D eigenvalue weighted by molar-refractivity contribution is 6.26. The lowest BCUT2D eigenvalue weighted by Gasteiger charge is -2.34. The number of aliphatic hydroxyl groups is 1. The molecule has 1 N–H and O–H groups in total. The maximum absolute atomic E-state index is 12.6. The minimum Gasteiger partial charge on any atom is -0.395 e. The summed E-state index contributed by atoms with van der Waals surface area (Å²) in [4.78, 5) is 29.5. The molecule has 0 aromatic heterocycles. The van der Waals surface area contributed by atoms with Gasteiger partial charge in [-0.05, 0) is 31.4 Å². The first-order valence-electron chi connectivity index (χ1n) is 10.0. The Morgan fingerprint density at radius 1 is 1.00 bits per heavy atom. The van der Waals surface area contributed by atoms with Crippen molar-refractivity contribution in [3.8, 4) is 0 Å². The van der Waals surface area contributed by atoms with E-state index in [1.807, 2.05) is 36.4 Å². The van der Waals surface area contributed by atoms with Crippen LogP contribution in [0.2, 0.25) is 0 Å². The summed E-state index contributed by atoms with van der Waals surface area (Å²) in [5.41, 5.74) is 1.55. The minimum atomic E-state index is -0.189. The van der Waals surface area contributed by atoms with Gasteiger partial charge in [0.25, 0.3) is 0 Å². The van der Waals surface area contributed by atoms with Crippen LogP contribution < -0.4 is 0 Å². The summed E-state index contributed by atoms with van der Waals surface area (Å²) >= 11 is 0. The van der Waals surface area contributed by atoms with E-state index in [0.29, 0.717) is 18.4 Å². The fraction of sp³-hybridized carbons (Fsp3) is 0.545. The lowest BCUT2D eigenvalue weighted by molar-refractivity contribution is -0.118. The molecule has 1 aliphatic heterocycles. The van der Waals surface area contributed by atoms with Crippen LogP contribution in [-0.4, -0.2) is 72.3 Å². The quantitative estimate of drug-likeness (QED) is 0.429. The molecule has 1 atom stereocenters. The number of benzene rings is 1. The molecule has 3 rings (SSSR count). The van der Waals surface area contributed by atoms with Gasteiger partial charge in [-0.1, -0.05) is 36.4 Å². The van der Waals surface area contributed by atoms with Crippen LogP contribution in [0.3, 0.4) is 0 Å². The molecular weight excluding hydrogens is 340 g/mol. The molecule has 0 amide bonds. The Labute approximate surface area is 161 Å². The summed E-state index contributed by atoms with van der Waals surface area (Å²) in [6.07, 6.45) is 4.63. The second-order valence-electron chi connectivity index (χ2n) is 7.55. The minimum absolute atomic E-state index is 0.0125. The number of allylic oxidation sites excluding steroid dienone is 2. The lowest BCUT2D eigenvalue weighted by Crippen LogP contribution is -2.47. The molecule has 5 heteroatoms. The Hall–Kier alpha value is -1.82. The van der Waals surface area contributed by atoms with E-state index in [4.69, 9.17) is 5.11 Å². The highest BCUT2D eigenvalue weighted by Gasteiger charge is 2.35. The molecule has 0 bridgehead atoms. The number of rotatable bonds is 8. The largest absolute Gasteiger partial charge is 0.395 e. The number of hydrogen-bond donors (Lipinski definition) is 1. The topological polar surface area (TPSA) is 60.9 Å². The van der Waals surface area contributed by atoms with Crippen molar-refractivity contribution in [1.82, 2.24) is 9.80 Å². The van der Waals surface area contributed by atoms with E-state index in [9.17, 15) is 9.59 Å². The summed E-state index contributed by atoms with van der Waals surface area (Å²) in [6, 6.07) is 9.93. The van der Waals surface area contributed by atoms with Gasteiger partial charge in [-0.2, -0.15) is 0 Å².